The number of carbonyl (C=O) groups excluding carboxylic acids is 1. The molecule has 0 saturated heterocycles. The second kappa shape index (κ2) is 15.1. The molecule has 0 bridgehead atoms. The summed E-state index contributed by atoms with van der Waals surface area (Å²) >= 11 is 0. The predicted octanol–water partition coefficient (Wildman–Crippen LogP) is 5.06. The molecule has 7 nitrogen and oxygen atoms in total. The number of amides is 1. The molecular weight excluding hydrogens is 478 g/mol. The summed E-state index contributed by atoms with van der Waals surface area (Å²) in [5.41, 5.74) is 1.50. The van der Waals surface area contributed by atoms with E-state index in [9.17, 15) is 9.90 Å². The van der Waals surface area contributed by atoms with Gasteiger partial charge in [-0.2, -0.15) is 0 Å². The van der Waals surface area contributed by atoms with Gasteiger partial charge in [-0.25, -0.2) is 0 Å². The third kappa shape index (κ3) is 8.85. The van der Waals surface area contributed by atoms with Crippen molar-refractivity contribution in [3.63, 3.8) is 0 Å². The van der Waals surface area contributed by atoms with E-state index in [0.29, 0.717) is 24.5 Å². The number of likely N-dealkylation sites (N-methyl/N-ethyl adjacent to an activating group) is 1. The predicted molar refractivity (Wildman–Crippen MR) is 155 cm³/mol. The first kappa shape index (κ1) is 30.7. The Balaban J connectivity index is 1.86. The van der Waals surface area contributed by atoms with Crippen molar-refractivity contribution in [1.82, 2.24) is 9.80 Å². The number of aliphatic hydroxyl groups excluding tert-OH is 1. The van der Waals surface area contributed by atoms with E-state index in [0.717, 1.165) is 44.0 Å². The molecule has 0 unspecified atom stereocenters. The van der Waals surface area contributed by atoms with E-state index in [1.807, 2.05) is 49.0 Å². The maximum atomic E-state index is 14.1. The fraction of sp³-hybridized carbons (Fsp3) is 0.774. The summed E-state index contributed by atoms with van der Waals surface area (Å²) in [5, 5.41) is 10.1. The van der Waals surface area contributed by atoms with Gasteiger partial charge in [0.15, 0.2) is 0 Å². The van der Waals surface area contributed by atoms with Crippen molar-refractivity contribution in [2.75, 3.05) is 58.9 Å². The molecule has 38 heavy (non-hydrogen) atoms. The van der Waals surface area contributed by atoms with Crippen LogP contribution in [0.2, 0.25) is 0 Å². The second-order valence-electron chi connectivity index (χ2n) is 12.1. The normalized spacial score (nSPS) is 25.4. The molecule has 1 fully saturated rings. The Kier molecular flexibility index (Phi) is 12.2. The Morgan fingerprint density at radius 3 is 2.42 bits per heavy atom. The van der Waals surface area contributed by atoms with Crippen LogP contribution in [0.5, 0.6) is 5.75 Å². The molecule has 0 radical (unpaired) electrons. The van der Waals surface area contributed by atoms with Gasteiger partial charge in [0.2, 0.25) is 0 Å². The second-order valence-corrected chi connectivity index (χ2v) is 12.1. The molecule has 4 atom stereocenters. The van der Waals surface area contributed by atoms with Gasteiger partial charge in [0.25, 0.3) is 5.91 Å². The molecule has 1 amide bonds. The van der Waals surface area contributed by atoms with E-state index in [-0.39, 0.29) is 36.7 Å². The van der Waals surface area contributed by atoms with Gasteiger partial charge in [-0.05, 0) is 77.1 Å². The summed E-state index contributed by atoms with van der Waals surface area (Å²) in [7, 11) is 6.16. The average Bonchev–Trinajstić information content (AvgIpc) is 2.90. The minimum Gasteiger partial charge on any atom is -0.490 e. The minimum atomic E-state index is -0.313. The molecule has 1 heterocycles. The number of rotatable bonds is 7. The third-order valence-electron chi connectivity index (χ3n) is 8.34. The van der Waals surface area contributed by atoms with Crippen molar-refractivity contribution in [2.24, 2.45) is 11.8 Å². The summed E-state index contributed by atoms with van der Waals surface area (Å²) in [4.78, 5) is 20.3. The standard InChI is InChI=1S/C31H53N3O4/c1-23-19-34(24(2)22-35)31(36)28-18-27(32(4)5)15-16-29(28)38-25(3)12-10-11-17-37-30(23)21-33(6)20-26-13-8-7-9-14-26/h15-16,18,23-26,30,35H,7-14,17,19-22H2,1-6H3/t23-,24-,25+,30-/m0/s1. The van der Waals surface area contributed by atoms with E-state index >= 15 is 0 Å². The number of anilines is 1. The first-order chi connectivity index (χ1) is 18.2. The highest BCUT2D eigenvalue weighted by atomic mass is 16.5. The molecule has 216 valence electrons. The number of nitrogens with zero attached hydrogens (tertiary/aromatic N) is 3. The van der Waals surface area contributed by atoms with E-state index in [1.165, 1.54) is 32.1 Å². The third-order valence-corrected chi connectivity index (χ3v) is 8.34. The van der Waals surface area contributed by atoms with Crippen LogP contribution in [0.4, 0.5) is 5.69 Å². The number of hydrogen-bond acceptors (Lipinski definition) is 6. The highest BCUT2D eigenvalue weighted by Crippen LogP contribution is 2.29. The van der Waals surface area contributed by atoms with Crippen molar-refractivity contribution >= 4 is 11.6 Å². The van der Waals surface area contributed by atoms with Gasteiger partial charge in [0.05, 0.1) is 30.4 Å². The van der Waals surface area contributed by atoms with E-state index < -0.39 is 0 Å². The molecule has 1 aliphatic carbocycles. The lowest BCUT2D eigenvalue weighted by Gasteiger charge is -2.36. The van der Waals surface area contributed by atoms with E-state index in [1.54, 1.807) is 0 Å². The Morgan fingerprint density at radius 2 is 1.74 bits per heavy atom. The number of fused-ring (bicyclic) bond motifs is 1. The van der Waals surface area contributed by atoms with E-state index in [4.69, 9.17) is 9.47 Å². The van der Waals surface area contributed by atoms with Gasteiger partial charge in [0.1, 0.15) is 5.75 Å². The molecule has 1 aromatic rings. The number of aliphatic hydroxyl groups is 1. The molecule has 0 spiro atoms. The monoisotopic (exact) mass is 531 g/mol. The van der Waals surface area contributed by atoms with Crippen molar-refractivity contribution < 1.29 is 19.4 Å². The van der Waals surface area contributed by atoms with Crippen LogP contribution in [0, 0.1) is 11.8 Å². The molecule has 1 aromatic carbocycles. The summed E-state index contributed by atoms with van der Waals surface area (Å²) in [6.45, 7) is 9.27. The molecular formula is C31H53N3O4. The Labute approximate surface area is 231 Å². The fourth-order valence-electron chi connectivity index (χ4n) is 5.84. The van der Waals surface area contributed by atoms with Crippen LogP contribution in [0.1, 0.15) is 82.5 Å². The Morgan fingerprint density at radius 1 is 1.03 bits per heavy atom. The summed E-state index contributed by atoms with van der Waals surface area (Å²) < 4.78 is 12.8. The van der Waals surface area contributed by atoms with Crippen molar-refractivity contribution in [3.8, 4) is 5.75 Å². The zero-order valence-corrected chi connectivity index (χ0v) is 24.8. The van der Waals surface area contributed by atoms with Crippen molar-refractivity contribution in [3.05, 3.63) is 23.8 Å². The van der Waals surface area contributed by atoms with Gasteiger partial charge in [-0.15, -0.1) is 0 Å². The van der Waals surface area contributed by atoms with Gasteiger partial charge in [0, 0.05) is 51.9 Å². The summed E-state index contributed by atoms with van der Waals surface area (Å²) in [6.07, 6.45) is 9.67. The maximum Gasteiger partial charge on any atom is 0.258 e. The largest absolute Gasteiger partial charge is 0.490 e. The smallest absolute Gasteiger partial charge is 0.258 e. The number of benzene rings is 1. The zero-order chi connectivity index (χ0) is 27.7. The van der Waals surface area contributed by atoms with E-state index in [2.05, 4.69) is 25.8 Å². The molecule has 7 heteroatoms. The topological polar surface area (TPSA) is 65.5 Å². The van der Waals surface area contributed by atoms with Crippen LogP contribution < -0.4 is 9.64 Å². The minimum absolute atomic E-state index is 0.00485. The molecule has 3 rings (SSSR count). The summed E-state index contributed by atoms with van der Waals surface area (Å²) in [5.74, 6) is 1.41. The van der Waals surface area contributed by atoms with Crippen LogP contribution in [0.3, 0.4) is 0 Å². The maximum absolute atomic E-state index is 14.1. The Hall–Kier alpha value is -1.83. The van der Waals surface area contributed by atoms with Gasteiger partial charge >= 0.3 is 0 Å². The van der Waals surface area contributed by atoms with Crippen LogP contribution in [-0.2, 0) is 4.74 Å². The highest BCUT2D eigenvalue weighted by molar-refractivity contribution is 5.98. The SMILES string of the molecule is C[C@@H]1CCCCO[C@@H](CN(C)CC2CCCCC2)[C@@H](C)CN([C@@H](C)CO)C(=O)c2cc(N(C)C)ccc2O1. The molecule has 2 aliphatic rings. The summed E-state index contributed by atoms with van der Waals surface area (Å²) in [6, 6.07) is 5.52. The quantitative estimate of drug-likeness (QED) is 0.531. The highest BCUT2D eigenvalue weighted by Gasteiger charge is 2.30. The fourth-order valence-corrected chi connectivity index (χ4v) is 5.84. The van der Waals surface area contributed by atoms with Crippen LogP contribution >= 0.6 is 0 Å². The van der Waals surface area contributed by atoms with Crippen LogP contribution in [-0.4, -0.2) is 93.1 Å². The lowest BCUT2D eigenvalue weighted by atomic mass is 9.89. The van der Waals surface area contributed by atoms with Crippen LogP contribution in [0.25, 0.3) is 0 Å². The number of ether oxygens (including phenoxy) is 2. The van der Waals surface area contributed by atoms with Gasteiger partial charge in [-0.1, -0.05) is 26.2 Å². The number of carbonyl (C=O) groups is 1. The number of hydrogen-bond donors (Lipinski definition) is 1. The molecule has 1 N–H and O–H groups in total. The molecule has 0 aromatic heterocycles. The zero-order valence-electron chi connectivity index (χ0n) is 24.8. The van der Waals surface area contributed by atoms with Gasteiger partial charge < -0.3 is 29.3 Å². The lowest BCUT2D eigenvalue weighted by molar-refractivity contribution is -0.0190. The lowest BCUT2D eigenvalue weighted by Crippen LogP contribution is -2.47. The van der Waals surface area contributed by atoms with Crippen LogP contribution in [0.15, 0.2) is 18.2 Å². The molecule has 1 aliphatic heterocycles. The van der Waals surface area contributed by atoms with Crippen molar-refractivity contribution in [1.29, 1.82) is 0 Å². The van der Waals surface area contributed by atoms with Gasteiger partial charge in [-0.3, -0.25) is 4.79 Å². The first-order valence-electron chi connectivity index (χ1n) is 14.9. The average molecular weight is 532 g/mol. The Bertz CT molecular complexity index is 858. The van der Waals surface area contributed by atoms with Crippen molar-refractivity contribution in [2.45, 2.75) is 90.4 Å². The first-order valence-corrected chi connectivity index (χ1v) is 14.9. The molecule has 1 saturated carbocycles.